The van der Waals surface area contributed by atoms with E-state index in [1.165, 1.54) is 30.4 Å². The maximum atomic E-state index is 13.1. The number of amides is 1. The lowest BCUT2D eigenvalue weighted by atomic mass is 9.98. The molecule has 0 saturated carbocycles. The number of carbonyl (C=O) groups is 2. The van der Waals surface area contributed by atoms with Gasteiger partial charge < -0.3 is 14.3 Å². The summed E-state index contributed by atoms with van der Waals surface area (Å²) in [5.74, 6) is -1.68. The molecule has 0 radical (unpaired) electrons. The van der Waals surface area contributed by atoms with E-state index in [0.29, 0.717) is 11.4 Å². The van der Waals surface area contributed by atoms with Gasteiger partial charge in [0.15, 0.2) is 0 Å². The first kappa shape index (κ1) is 21.0. The standard InChI is InChI=1S/C23H17Cl2NO5/c1-12-5-7-14(8-6-12)26-19(17-4-3-9-31-17)18(21(28)23(26)29)20(27)15-10-13(24)11-16(25)22(15)30-2/h3-11,19,27H,1-2H3/b20-18-. The van der Waals surface area contributed by atoms with E-state index in [9.17, 15) is 14.7 Å². The number of carbonyl (C=O) groups excluding carboxylic acids is 2. The Hall–Kier alpha value is -3.22. The first-order valence-electron chi connectivity index (χ1n) is 9.28. The summed E-state index contributed by atoms with van der Waals surface area (Å²) in [5.41, 5.74) is 1.42. The van der Waals surface area contributed by atoms with E-state index in [1.54, 1.807) is 24.3 Å². The summed E-state index contributed by atoms with van der Waals surface area (Å²) in [6.45, 7) is 1.91. The lowest BCUT2D eigenvalue weighted by molar-refractivity contribution is -0.132. The van der Waals surface area contributed by atoms with Crippen LogP contribution in [0.2, 0.25) is 10.0 Å². The molecule has 0 spiro atoms. The number of ether oxygens (including phenoxy) is 1. The number of halogens is 2. The number of furan rings is 1. The number of rotatable bonds is 4. The molecule has 1 fully saturated rings. The molecular formula is C23H17Cl2NO5. The minimum Gasteiger partial charge on any atom is -0.507 e. The Labute approximate surface area is 188 Å². The first-order chi connectivity index (χ1) is 14.8. The average Bonchev–Trinajstić information content (AvgIpc) is 3.35. The van der Waals surface area contributed by atoms with Gasteiger partial charge in [-0.2, -0.15) is 0 Å². The van der Waals surface area contributed by atoms with E-state index >= 15 is 0 Å². The molecule has 0 aliphatic carbocycles. The predicted molar refractivity (Wildman–Crippen MR) is 118 cm³/mol. The minimum absolute atomic E-state index is 0.0958. The van der Waals surface area contributed by atoms with Crippen molar-refractivity contribution in [2.75, 3.05) is 12.0 Å². The zero-order valence-corrected chi connectivity index (χ0v) is 18.1. The summed E-state index contributed by atoms with van der Waals surface area (Å²) in [6, 6.07) is 12.3. The van der Waals surface area contributed by atoms with Crippen LogP contribution >= 0.6 is 23.2 Å². The van der Waals surface area contributed by atoms with Crippen LogP contribution in [0.3, 0.4) is 0 Å². The number of aliphatic hydroxyl groups excluding tert-OH is 1. The van der Waals surface area contributed by atoms with E-state index in [4.69, 9.17) is 32.4 Å². The summed E-state index contributed by atoms with van der Waals surface area (Å²) in [5, 5.41) is 11.6. The lowest BCUT2D eigenvalue weighted by Crippen LogP contribution is -2.29. The van der Waals surface area contributed by atoms with Gasteiger partial charge in [0.25, 0.3) is 11.7 Å². The van der Waals surface area contributed by atoms with Gasteiger partial charge in [0.1, 0.15) is 23.3 Å². The molecule has 2 aromatic carbocycles. The Morgan fingerprint density at radius 1 is 1.13 bits per heavy atom. The minimum atomic E-state index is -0.986. The summed E-state index contributed by atoms with van der Waals surface area (Å²) >= 11 is 12.3. The second-order valence-electron chi connectivity index (χ2n) is 6.99. The first-order valence-corrected chi connectivity index (χ1v) is 10.0. The van der Waals surface area contributed by atoms with Crippen molar-refractivity contribution in [3.05, 3.63) is 87.3 Å². The molecule has 31 heavy (non-hydrogen) atoms. The molecule has 1 amide bonds. The van der Waals surface area contributed by atoms with Crippen LogP contribution in [-0.2, 0) is 9.59 Å². The molecule has 1 aliphatic rings. The molecule has 1 unspecified atom stereocenters. The third-order valence-electron chi connectivity index (χ3n) is 5.04. The number of nitrogens with zero attached hydrogens (tertiary/aromatic N) is 1. The van der Waals surface area contributed by atoms with Gasteiger partial charge in [-0.05, 0) is 43.3 Å². The van der Waals surface area contributed by atoms with Crippen LogP contribution < -0.4 is 9.64 Å². The van der Waals surface area contributed by atoms with Crippen molar-refractivity contribution in [2.45, 2.75) is 13.0 Å². The zero-order valence-electron chi connectivity index (χ0n) is 16.6. The molecular weight excluding hydrogens is 441 g/mol. The smallest absolute Gasteiger partial charge is 0.300 e. The molecule has 3 aromatic rings. The van der Waals surface area contributed by atoms with Crippen LogP contribution in [0.1, 0.15) is 22.9 Å². The maximum Gasteiger partial charge on any atom is 0.300 e. The highest BCUT2D eigenvalue weighted by Crippen LogP contribution is 2.45. The number of Topliss-reactive ketones (excluding diaryl/α,β-unsaturated/α-hetero) is 1. The summed E-state index contributed by atoms with van der Waals surface area (Å²) in [7, 11) is 1.38. The van der Waals surface area contributed by atoms with E-state index < -0.39 is 23.5 Å². The number of hydrogen-bond donors (Lipinski definition) is 1. The third kappa shape index (κ3) is 3.58. The largest absolute Gasteiger partial charge is 0.507 e. The van der Waals surface area contributed by atoms with Crippen LogP contribution in [-0.4, -0.2) is 23.9 Å². The maximum absolute atomic E-state index is 13.1. The quantitative estimate of drug-likeness (QED) is 0.316. The Morgan fingerprint density at radius 3 is 2.45 bits per heavy atom. The van der Waals surface area contributed by atoms with Crippen LogP contribution in [0.15, 0.2) is 64.8 Å². The van der Waals surface area contributed by atoms with Gasteiger partial charge in [-0.3, -0.25) is 14.5 Å². The Bertz CT molecular complexity index is 1200. The molecule has 8 heteroatoms. The van der Waals surface area contributed by atoms with Crippen molar-refractivity contribution in [2.24, 2.45) is 0 Å². The fourth-order valence-corrected chi connectivity index (χ4v) is 4.18. The van der Waals surface area contributed by atoms with Crippen molar-refractivity contribution in [1.82, 2.24) is 0 Å². The lowest BCUT2D eigenvalue weighted by Gasteiger charge is -2.23. The van der Waals surface area contributed by atoms with Crippen molar-refractivity contribution >= 4 is 46.3 Å². The van der Waals surface area contributed by atoms with Crippen molar-refractivity contribution in [1.29, 1.82) is 0 Å². The topological polar surface area (TPSA) is 80.0 Å². The highest BCUT2D eigenvalue weighted by atomic mass is 35.5. The summed E-state index contributed by atoms with van der Waals surface area (Å²) in [6.07, 6.45) is 1.43. The van der Waals surface area contributed by atoms with Crippen molar-refractivity contribution in [3.63, 3.8) is 0 Å². The number of ketones is 1. The van der Waals surface area contributed by atoms with Gasteiger partial charge in [-0.1, -0.05) is 40.9 Å². The molecule has 1 N–H and O–H groups in total. The number of aryl methyl sites for hydroxylation is 1. The Balaban J connectivity index is 1.97. The van der Waals surface area contributed by atoms with Crippen LogP contribution in [0.5, 0.6) is 5.75 Å². The van der Waals surface area contributed by atoms with Crippen LogP contribution in [0.4, 0.5) is 5.69 Å². The normalized spacial score (nSPS) is 17.9. The fourth-order valence-electron chi connectivity index (χ4n) is 3.61. The second kappa shape index (κ2) is 8.13. The van der Waals surface area contributed by atoms with Gasteiger partial charge in [0.05, 0.1) is 29.5 Å². The SMILES string of the molecule is COc1c(Cl)cc(Cl)cc1/C(O)=C1/C(=O)C(=O)N(c2ccc(C)cc2)C1c1ccco1. The molecule has 0 bridgehead atoms. The van der Waals surface area contributed by atoms with Crippen molar-refractivity contribution < 1.29 is 23.8 Å². The monoisotopic (exact) mass is 457 g/mol. The van der Waals surface area contributed by atoms with E-state index in [0.717, 1.165) is 5.56 Å². The zero-order chi connectivity index (χ0) is 22.3. The molecule has 6 nitrogen and oxygen atoms in total. The van der Waals surface area contributed by atoms with Gasteiger partial charge in [0.2, 0.25) is 0 Å². The van der Waals surface area contributed by atoms with Crippen LogP contribution in [0, 0.1) is 6.92 Å². The number of aliphatic hydroxyl groups is 1. The highest BCUT2D eigenvalue weighted by molar-refractivity contribution is 6.51. The highest BCUT2D eigenvalue weighted by Gasteiger charge is 2.48. The second-order valence-corrected chi connectivity index (χ2v) is 7.83. The number of benzene rings is 2. The molecule has 1 aliphatic heterocycles. The number of hydrogen-bond acceptors (Lipinski definition) is 5. The Morgan fingerprint density at radius 2 is 1.84 bits per heavy atom. The third-order valence-corrected chi connectivity index (χ3v) is 5.54. The van der Waals surface area contributed by atoms with Gasteiger partial charge in [0, 0.05) is 10.7 Å². The predicted octanol–water partition coefficient (Wildman–Crippen LogP) is 5.53. The van der Waals surface area contributed by atoms with Gasteiger partial charge >= 0.3 is 0 Å². The van der Waals surface area contributed by atoms with Gasteiger partial charge in [-0.25, -0.2) is 0 Å². The van der Waals surface area contributed by atoms with Crippen LogP contribution in [0.25, 0.3) is 5.76 Å². The molecule has 158 valence electrons. The van der Waals surface area contributed by atoms with Crippen molar-refractivity contribution in [3.8, 4) is 5.75 Å². The van der Waals surface area contributed by atoms with E-state index in [1.807, 2.05) is 19.1 Å². The Kier molecular flexibility index (Phi) is 5.52. The molecule has 4 rings (SSSR count). The van der Waals surface area contributed by atoms with Gasteiger partial charge in [-0.15, -0.1) is 0 Å². The average molecular weight is 458 g/mol. The molecule has 1 aromatic heterocycles. The summed E-state index contributed by atoms with van der Waals surface area (Å²) in [4.78, 5) is 27.4. The number of methoxy groups -OCH3 is 1. The van der Waals surface area contributed by atoms with E-state index in [2.05, 4.69) is 0 Å². The fraction of sp³-hybridized carbons (Fsp3) is 0.130. The number of anilines is 1. The van der Waals surface area contributed by atoms with E-state index in [-0.39, 0.29) is 26.9 Å². The molecule has 1 atom stereocenters. The summed E-state index contributed by atoms with van der Waals surface area (Å²) < 4.78 is 10.8. The molecule has 1 saturated heterocycles. The molecule has 2 heterocycles.